The first-order valence-electron chi connectivity index (χ1n) is 6.84. The minimum atomic E-state index is 0.581. The van der Waals surface area contributed by atoms with Crippen LogP contribution in [-0.4, -0.2) is 13.7 Å². The van der Waals surface area contributed by atoms with Crippen molar-refractivity contribution in [1.29, 1.82) is 0 Å². The Labute approximate surface area is 124 Å². The van der Waals surface area contributed by atoms with Crippen molar-refractivity contribution in [3.8, 4) is 11.5 Å². The molecule has 0 aliphatic carbocycles. The molecule has 1 aromatic carbocycles. The third kappa shape index (κ3) is 3.74. The van der Waals surface area contributed by atoms with Crippen LogP contribution >= 0.6 is 11.3 Å². The summed E-state index contributed by atoms with van der Waals surface area (Å²) in [5.41, 5.74) is 6.74. The molecule has 20 heavy (non-hydrogen) atoms. The van der Waals surface area contributed by atoms with E-state index in [1.165, 1.54) is 15.3 Å². The number of hydrogen-bond donors (Lipinski definition) is 1. The van der Waals surface area contributed by atoms with Crippen molar-refractivity contribution in [2.45, 2.75) is 26.4 Å². The number of nitrogens with two attached hydrogens (primary N) is 1. The van der Waals surface area contributed by atoms with Crippen LogP contribution in [-0.2, 0) is 19.4 Å². The Hall–Kier alpha value is -1.52. The van der Waals surface area contributed by atoms with Crippen molar-refractivity contribution in [3.05, 3.63) is 45.6 Å². The first-order valence-corrected chi connectivity index (χ1v) is 7.65. The number of benzene rings is 1. The molecule has 0 spiro atoms. The van der Waals surface area contributed by atoms with Gasteiger partial charge in [0.1, 0.15) is 6.61 Å². The van der Waals surface area contributed by atoms with Crippen molar-refractivity contribution >= 4 is 11.3 Å². The van der Waals surface area contributed by atoms with E-state index in [4.69, 9.17) is 15.2 Å². The fourth-order valence-electron chi connectivity index (χ4n) is 1.99. The summed E-state index contributed by atoms with van der Waals surface area (Å²) in [6, 6.07) is 10.3. The van der Waals surface area contributed by atoms with E-state index < -0.39 is 0 Å². The predicted molar refractivity (Wildman–Crippen MR) is 83.8 cm³/mol. The van der Waals surface area contributed by atoms with Gasteiger partial charge in [-0.05, 0) is 49.2 Å². The van der Waals surface area contributed by atoms with Crippen LogP contribution in [0.25, 0.3) is 0 Å². The molecule has 4 heteroatoms. The second kappa shape index (κ2) is 7.31. The highest BCUT2D eigenvalue weighted by molar-refractivity contribution is 7.11. The van der Waals surface area contributed by atoms with E-state index >= 15 is 0 Å². The van der Waals surface area contributed by atoms with Crippen molar-refractivity contribution in [2.24, 2.45) is 5.73 Å². The zero-order valence-electron chi connectivity index (χ0n) is 12.0. The van der Waals surface area contributed by atoms with Gasteiger partial charge < -0.3 is 15.2 Å². The summed E-state index contributed by atoms with van der Waals surface area (Å²) in [4.78, 5) is 2.61. The molecule has 1 aromatic heterocycles. The van der Waals surface area contributed by atoms with Gasteiger partial charge in [-0.25, -0.2) is 0 Å². The second-order valence-corrected chi connectivity index (χ2v) is 5.79. The van der Waals surface area contributed by atoms with Gasteiger partial charge in [0, 0.05) is 9.75 Å². The van der Waals surface area contributed by atoms with Crippen LogP contribution in [0.1, 0.15) is 22.2 Å². The lowest BCUT2D eigenvalue weighted by atomic mass is 10.1. The van der Waals surface area contributed by atoms with Gasteiger partial charge in [-0.2, -0.15) is 0 Å². The van der Waals surface area contributed by atoms with E-state index in [9.17, 15) is 0 Å². The maximum atomic E-state index is 5.86. The molecule has 3 nitrogen and oxygen atoms in total. The van der Waals surface area contributed by atoms with Crippen molar-refractivity contribution in [2.75, 3.05) is 13.7 Å². The zero-order valence-corrected chi connectivity index (χ0v) is 12.8. The molecule has 2 N–H and O–H groups in total. The highest BCUT2D eigenvalue weighted by Gasteiger charge is 2.07. The molecule has 2 aromatic rings. The predicted octanol–water partition coefficient (Wildman–Crippen LogP) is 3.40. The van der Waals surface area contributed by atoms with Gasteiger partial charge in [0.05, 0.1) is 7.11 Å². The molecule has 2 rings (SSSR count). The maximum Gasteiger partial charge on any atom is 0.161 e. The number of ether oxygens (including phenoxy) is 2. The van der Waals surface area contributed by atoms with E-state index in [-0.39, 0.29) is 0 Å². The lowest BCUT2D eigenvalue weighted by Crippen LogP contribution is -2.03. The van der Waals surface area contributed by atoms with E-state index in [1.54, 1.807) is 18.4 Å². The van der Waals surface area contributed by atoms with Gasteiger partial charge in [-0.15, -0.1) is 11.3 Å². The molecule has 0 bridgehead atoms. The zero-order chi connectivity index (χ0) is 14.4. The first-order chi connectivity index (χ1) is 9.76. The Morgan fingerprint density at radius 1 is 1.10 bits per heavy atom. The molecule has 0 radical (unpaired) electrons. The van der Waals surface area contributed by atoms with Crippen LogP contribution in [0.3, 0.4) is 0 Å². The molecule has 0 saturated carbocycles. The topological polar surface area (TPSA) is 44.5 Å². The fourth-order valence-corrected chi connectivity index (χ4v) is 2.86. The molecule has 0 aliphatic heterocycles. The van der Waals surface area contributed by atoms with Gasteiger partial charge in [0.2, 0.25) is 0 Å². The summed E-state index contributed by atoms with van der Waals surface area (Å²) < 4.78 is 11.2. The molecule has 1 heterocycles. The van der Waals surface area contributed by atoms with Crippen molar-refractivity contribution in [3.63, 3.8) is 0 Å². The minimum absolute atomic E-state index is 0.581. The summed E-state index contributed by atoms with van der Waals surface area (Å²) in [5.74, 6) is 1.54. The van der Waals surface area contributed by atoms with Gasteiger partial charge in [0.15, 0.2) is 11.5 Å². The lowest BCUT2D eigenvalue weighted by molar-refractivity contribution is 0.287. The number of rotatable bonds is 7. The molecule has 0 saturated heterocycles. The molecular formula is C16H21NO2S. The Morgan fingerprint density at radius 2 is 1.90 bits per heavy atom. The molecule has 108 valence electrons. The lowest BCUT2D eigenvalue weighted by Gasteiger charge is -2.11. The third-order valence-electron chi connectivity index (χ3n) is 3.10. The van der Waals surface area contributed by atoms with Gasteiger partial charge in [0.25, 0.3) is 0 Å². The average Bonchev–Trinajstić information content (AvgIpc) is 2.94. The van der Waals surface area contributed by atoms with E-state index in [2.05, 4.69) is 19.1 Å². The Bertz CT molecular complexity index is 551. The van der Waals surface area contributed by atoms with Gasteiger partial charge >= 0.3 is 0 Å². The minimum Gasteiger partial charge on any atom is -0.493 e. The van der Waals surface area contributed by atoms with Crippen molar-refractivity contribution in [1.82, 2.24) is 0 Å². The summed E-state index contributed by atoms with van der Waals surface area (Å²) >= 11 is 1.79. The summed E-state index contributed by atoms with van der Waals surface area (Å²) in [5, 5.41) is 0. The number of aryl methyl sites for hydroxylation is 1. The first kappa shape index (κ1) is 14.9. The Morgan fingerprint density at radius 3 is 2.55 bits per heavy atom. The Kier molecular flexibility index (Phi) is 5.44. The molecule has 0 aliphatic rings. The Balaban J connectivity index is 2.04. The van der Waals surface area contributed by atoms with E-state index in [1.807, 2.05) is 18.2 Å². The van der Waals surface area contributed by atoms with Crippen LogP contribution < -0.4 is 15.2 Å². The van der Waals surface area contributed by atoms with Crippen molar-refractivity contribution < 1.29 is 9.47 Å². The standard InChI is InChI=1S/C16H21NO2S/c1-3-13-5-6-14(20-13)11-19-15-7-4-12(8-9-17)10-16(15)18-2/h4-7,10H,3,8-9,11,17H2,1-2H3. The SMILES string of the molecule is CCc1ccc(COc2ccc(CCN)cc2OC)s1. The highest BCUT2D eigenvalue weighted by atomic mass is 32.1. The van der Waals surface area contributed by atoms with Crippen LogP contribution in [0.15, 0.2) is 30.3 Å². The largest absolute Gasteiger partial charge is 0.493 e. The second-order valence-electron chi connectivity index (χ2n) is 4.53. The fraction of sp³-hybridized carbons (Fsp3) is 0.375. The quantitative estimate of drug-likeness (QED) is 0.850. The van der Waals surface area contributed by atoms with Gasteiger partial charge in [-0.3, -0.25) is 0 Å². The number of hydrogen-bond acceptors (Lipinski definition) is 4. The third-order valence-corrected chi connectivity index (χ3v) is 4.30. The van der Waals surface area contributed by atoms with Crippen LogP contribution in [0, 0.1) is 0 Å². The van der Waals surface area contributed by atoms with Gasteiger partial charge in [-0.1, -0.05) is 13.0 Å². The number of methoxy groups -OCH3 is 1. The average molecular weight is 291 g/mol. The molecule has 0 unspecified atom stereocenters. The highest BCUT2D eigenvalue weighted by Crippen LogP contribution is 2.29. The smallest absolute Gasteiger partial charge is 0.161 e. The summed E-state index contributed by atoms with van der Waals surface area (Å²) in [6.45, 7) is 3.38. The van der Waals surface area contributed by atoms with E-state index in [0.717, 1.165) is 24.3 Å². The normalized spacial score (nSPS) is 10.6. The summed E-state index contributed by atoms with van der Waals surface area (Å²) in [6.07, 6.45) is 1.92. The van der Waals surface area contributed by atoms with E-state index in [0.29, 0.717) is 13.2 Å². The summed E-state index contributed by atoms with van der Waals surface area (Å²) in [7, 11) is 1.66. The van der Waals surface area contributed by atoms with Crippen LogP contribution in [0.5, 0.6) is 11.5 Å². The molecule has 0 atom stereocenters. The molecule has 0 fully saturated rings. The monoisotopic (exact) mass is 291 g/mol. The maximum absolute atomic E-state index is 5.86. The molecular weight excluding hydrogens is 270 g/mol. The number of thiophene rings is 1. The molecule has 0 amide bonds. The van der Waals surface area contributed by atoms with Crippen LogP contribution in [0.4, 0.5) is 0 Å². The van der Waals surface area contributed by atoms with Crippen LogP contribution in [0.2, 0.25) is 0 Å².